The maximum Gasteiger partial charge on any atom is 0.243 e. The first-order valence-electron chi connectivity index (χ1n) is 7.94. The van der Waals surface area contributed by atoms with Gasteiger partial charge in [0.05, 0.1) is 24.8 Å². The molecule has 0 unspecified atom stereocenters. The molecular formula is C17H20N2O5S. The van der Waals surface area contributed by atoms with Crippen LogP contribution in [0.4, 0.5) is 0 Å². The number of carbonyl (C=O) groups is 1. The van der Waals surface area contributed by atoms with Gasteiger partial charge in [-0.3, -0.25) is 9.69 Å². The molecule has 1 aliphatic rings. The lowest BCUT2D eigenvalue weighted by atomic mass is 10.2. The first-order chi connectivity index (χ1) is 12.0. The molecule has 0 aliphatic carbocycles. The molecule has 1 fully saturated rings. The van der Waals surface area contributed by atoms with E-state index in [-0.39, 0.29) is 17.2 Å². The van der Waals surface area contributed by atoms with E-state index in [4.69, 9.17) is 9.15 Å². The highest BCUT2D eigenvalue weighted by Crippen LogP contribution is 2.22. The van der Waals surface area contributed by atoms with E-state index in [1.54, 1.807) is 30.3 Å². The van der Waals surface area contributed by atoms with Crippen LogP contribution in [0.5, 0.6) is 5.75 Å². The Morgan fingerprint density at radius 1 is 1.16 bits per heavy atom. The Morgan fingerprint density at radius 2 is 1.92 bits per heavy atom. The van der Waals surface area contributed by atoms with Crippen LogP contribution < -0.4 is 4.74 Å². The van der Waals surface area contributed by atoms with Gasteiger partial charge < -0.3 is 9.15 Å². The van der Waals surface area contributed by atoms with E-state index in [0.717, 1.165) is 0 Å². The summed E-state index contributed by atoms with van der Waals surface area (Å²) in [6.45, 7) is 1.89. The number of sulfonamides is 1. The van der Waals surface area contributed by atoms with Gasteiger partial charge in [-0.2, -0.15) is 4.31 Å². The molecule has 1 aliphatic heterocycles. The van der Waals surface area contributed by atoms with Crippen molar-refractivity contribution in [2.75, 3.05) is 39.8 Å². The molecule has 1 aromatic heterocycles. The van der Waals surface area contributed by atoms with Gasteiger partial charge in [0.1, 0.15) is 5.75 Å². The number of rotatable bonds is 6. The second kappa shape index (κ2) is 7.38. The van der Waals surface area contributed by atoms with Crippen molar-refractivity contribution in [2.45, 2.75) is 4.90 Å². The highest BCUT2D eigenvalue weighted by atomic mass is 32.2. The quantitative estimate of drug-likeness (QED) is 0.723. The fourth-order valence-corrected chi connectivity index (χ4v) is 4.21. The lowest BCUT2D eigenvalue weighted by Gasteiger charge is -2.33. The molecule has 0 saturated carbocycles. The van der Waals surface area contributed by atoms with Crippen LogP contribution in [0.3, 0.4) is 0 Å². The number of piperazine rings is 1. The second-order valence-corrected chi connectivity index (χ2v) is 7.70. The standard InChI is InChI=1S/C17H20N2O5S/c1-23-14-4-2-5-15(12-14)25(21,22)19-9-7-18(8-10-19)13-16(20)17-6-3-11-24-17/h2-6,11-12H,7-10,13H2,1H3. The van der Waals surface area contributed by atoms with E-state index >= 15 is 0 Å². The zero-order valence-electron chi connectivity index (χ0n) is 13.9. The van der Waals surface area contributed by atoms with Crippen LogP contribution in [0.2, 0.25) is 0 Å². The molecule has 1 aromatic carbocycles. The topological polar surface area (TPSA) is 80.1 Å². The summed E-state index contributed by atoms with van der Waals surface area (Å²) in [6.07, 6.45) is 1.46. The number of nitrogens with zero attached hydrogens (tertiary/aromatic N) is 2. The van der Waals surface area contributed by atoms with E-state index in [1.807, 2.05) is 4.90 Å². The van der Waals surface area contributed by atoms with Gasteiger partial charge in [-0.25, -0.2) is 8.42 Å². The predicted octanol–water partition coefficient (Wildman–Crippen LogP) is 1.48. The van der Waals surface area contributed by atoms with Gasteiger partial charge in [-0.15, -0.1) is 0 Å². The third-order valence-corrected chi connectivity index (χ3v) is 6.07. The maximum absolute atomic E-state index is 12.7. The van der Waals surface area contributed by atoms with Crippen molar-refractivity contribution in [2.24, 2.45) is 0 Å². The van der Waals surface area contributed by atoms with Crippen LogP contribution in [0.1, 0.15) is 10.6 Å². The van der Waals surface area contributed by atoms with Gasteiger partial charge >= 0.3 is 0 Å². The molecule has 0 atom stereocenters. The Bertz CT molecular complexity index is 824. The van der Waals surface area contributed by atoms with Crippen LogP contribution in [-0.2, 0) is 10.0 Å². The van der Waals surface area contributed by atoms with Crippen molar-refractivity contribution < 1.29 is 22.4 Å². The highest BCUT2D eigenvalue weighted by Gasteiger charge is 2.29. The number of furan rings is 1. The monoisotopic (exact) mass is 364 g/mol. The third-order valence-electron chi connectivity index (χ3n) is 4.17. The molecule has 134 valence electrons. The first-order valence-corrected chi connectivity index (χ1v) is 9.38. The Balaban J connectivity index is 1.62. The van der Waals surface area contributed by atoms with E-state index < -0.39 is 10.0 Å². The number of ketones is 1. The average Bonchev–Trinajstić information content (AvgIpc) is 3.17. The summed E-state index contributed by atoms with van der Waals surface area (Å²) in [4.78, 5) is 14.2. The molecule has 0 amide bonds. The molecule has 0 radical (unpaired) electrons. The van der Waals surface area contributed by atoms with Crippen LogP contribution in [0, 0.1) is 0 Å². The molecule has 3 rings (SSSR count). The number of hydrogen-bond acceptors (Lipinski definition) is 6. The van der Waals surface area contributed by atoms with Crippen LogP contribution in [-0.4, -0.2) is 63.2 Å². The van der Waals surface area contributed by atoms with Crippen molar-refractivity contribution in [1.29, 1.82) is 0 Å². The zero-order chi connectivity index (χ0) is 17.9. The maximum atomic E-state index is 12.7. The smallest absolute Gasteiger partial charge is 0.243 e. The van der Waals surface area contributed by atoms with E-state index in [9.17, 15) is 13.2 Å². The van der Waals surface area contributed by atoms with Gasteiger partial charge in [-0.05, 0) is 24.3 Å². The van der Waals surface area contributed by atoms with Crippen LogP contribution in [0.25, 0.3) is 0 Å². The summed E-state index contributed by atoms with van der Waals surface area (Å²) in [5, 5.41) is 0. The molecule has 0 bridgehead atoms. The Labute approximate surface area is 146 Å². The Hall–Kier alpha value is -2.16. The van der Waals surface area contributed by atoms with Crippen molar-refractivity contribution in [3.05, 3.63) is 48.4 Å². The number of benzene rings is 1. The van der Waals surface area contributed by atoms with Gasteiger partial charge in [0.15, 0.2) is 5.76 Å². The third kappa shape index (κ3) is 3.92. The molecule has 1 saturated heterocycles. The molecular weight excluding hydrogens is 344 g/mol. The fourth-order valence-electron chi connectivity index (χ4n) is 2.76. The van der Waals surface area contributed by atoms with Crippen molar-refractivity contribution >= 4 is 15.8 Å². The summed E-state index contributed by atoms with van der Waals surface area (Å²) in [5.74, 6) is 0.726. The van der Waals surface area contributed by atoms with Crippen molar-refractivity contribution in [3.63, 3.8) is 0 Å². The minimum absolute atomic E-state index is 0.103. The minimum Gasteiger partial charge on any atom is -0.497 e. The van der Waals surface area contributed by atoms with Crippen molar-refractivity contribution in [3.8, 4) is 5.75 Å². The molecule has 2 aromatic rings. The summed E-state index contributed by atoms with van der Waals surface area (Å²) in [6, 6.07) is 9.74. The first kappa shape index (κ1) is 17.7. The number of ether oxygens (including phenoxy) is 1. The summed E-state index contributed by atoms with van der Waals surface area (Å²) in [5.41, 5.74) is 0. The summed E-state index contributed by atoms with van der Waals surface area (Å²) >= 11 is 0. The van der Waals surface area contributed by atoms with E-state index in [1.165, 1.54) is 23.7 Å². The zero-order valence-corrected chi connectivity index (χ0v) is 14.7. The Morgan fingerprint density at radius 3 is 2.56 bits per heavy atom. The average molecular weight is 364 g/mol. The van der Waals surface area contributed by atoms with Gasteiger partial charge in [0.25, 0.3) is 0 Å². The van der Waals surface area contributed by atoms with Gasteiger partial charge in [0.2, 0.25) is 15.8 Å². The fraction of sp³-hybridized carbons (Fsp3) is 0.353. The normalized spacial score (nSPS) is 16.7. The van der Waals surface area contributed by atoms with Crippen molar-refractivity contribution in [1.82, 2.24) is 9.21 Å². The predicted molar refractivity (Wildman–Crippen MR) is 91.2 cm³/mol. The molecule has 8 heteroatoms. The largest absolute Gasteiger partial charge is 0.497 e. The molecule has 25 heavy (non-hydrogen) atoms. The number of hydrogen-bond donors (Lipinski definition) is 0. The number of methoxy groups -OCH3 is 1. The lowest BCUT2D eigenvalue weighted by Crippen LogP contribution is -2.49. The molecule has 0 spiro atoms. The minimum atomic E-state index is -3.57. The van der Waals surface area contributed by atoms with Gasteiger partial charge in [-0.1, -0.05) is 6.07 Å². The van der Waals surface area contributed by atoms with E-state index in [0.29, 0.717) is 37.7 Å². The second-order valence-electron chi connectivity index (χ2n) is 5.76. The summed E-state index contributed by atoms with van der Waals surface area (Å²) in [7, 11) is -2.07. The summed E-state index contributed by atoms with van der Waals surface area (Å²) < 4.78 is 37.1. The SMILES string of the molecule is COc1cccc(S(=O)(=O)N2CCN(CC(=O)c3ccco3)CC2)c1. The van der Waals surface area contributed by atoms with Crippen LogP contribution >= 0.6 is 0 Å². The van der Waals surface area contributed by atoms with Crippen LogP contribution in [0.15, 0.2) is 52.0 Å². The van der Waals surface area contributed by atoms with Gasteiger partial charge in [0, 0.05) is 32.2 Å². The molecule has 0 N–H and O–H groups in total. The Kier molecular flexibility index (Phi) is 5.22. The molecule has 7 nitrogen and oxygen atoms in total. The lowest BCUT2D eigenvalue weighted by molar-refractivity contribution is 0.0874. The molecule has 2 heterocycles. The highest BCUT2D eigenvalue weighted by molar-refractivity contribution is 7.89. The van der Waals surface area contributed by atoms with E-state index in [2.05, 4.69) is 0 Å². The number of Topliss-reactive ketones (excluding diaryl/α,β-unsaturated/α-hetero) is 1. The number of carbonyl (C=O) groups excluding carboxylic acids is 1.